The monoisotopic (exact) mass is 279 g/mol. The predicted molar refractivity (Wildman–Crippen MR) is 76.6 cm³/mol. The maximum atomic E-state index is 8.95. The van der Waals surface area contributed by atoms with E-state index in [1.807, 2.05) is 60.7 Å². The minimum Gasteiger partial charge on any atom is -0.435 e. The van der Waals surface area contributed by atoms with Gasteiger partial charge in [-0.25, -0.2) is 0 Å². The molecule has 0 atom stereocenters. The summed E-state index contributed by atoms with van der Waals surface area (Å²) >= 11 is 0.964. The van der Waals surface area contributed by atoms with E-state index in [1.54, 1.807) is 0 Å². The molecule has 5 heteroatoms. The second-order valence-corrected chi connectivity index (χ2v) is 4.52. The first-order valence-corrected chi connectivity index (χ1v) is 6.66. The number of hydrogen-bond acceptors (Lipinski definition) is 5. The second kappa shape index (κ2) is 5.51. The Labute approximate surface area is 120 Å². The van der Waals surface area contributed by atoms with Crippen molar-refractivity contribution in [3.63, 3.8) is 0 Å². The van der Waals surface area contributed by atoms with Crippen molar-refractivity contribution in [1.82, 2.24) is 8.75 Å². The summed E-state index contributed by atoms with van der Waals surface area (Å²) in [5.41, 5.74) is 2.20. The van der Waals surface area contributed by atoms with E-state index in [4.69, 9.17) is 10.00 Å². The van der Waals surface area contributed by atoms with Crippen LogP contribution in [0.5, 0.6) is 11.6 Å². The van der Waals surface area contributed by atoms with E-state index in [0.29, 0.717) is 5.75 Å². The standard InChI is InChI=1S/C15H9N3OS/c16-10-13-15(18-20-17-13)19-14-9-5-4-8-12(14)11-6-2-1-3-7-11/h1-9H. The molecule has 2 aromatic carbocycles. The lowest BCUT2D eigenvalue weighted by molar-refractivity contribution is 0.468. The number of rotatable bonds is 3. The molecule has 1 heterocycles. The second-order valence-electron chi connectivity index (χ2n) is 3.99. The van der Waals surface area contributed by atoms with Gasteiger partial charge in [-0.15, -0.1) is 4.37 Å². The van der Waals surface area contributed by atoms with Crippen LogP contribution in [0.2, 0.25) is 0 Å². The van der Waals surface area contributed by atoms with Gasteiger partial charge in [0.2, 0.25) is 5.69 Å². The van der Waals surface area contributed by atoms with Crippen molar-refractivity contribution < 1.29 is 4.74 Å². The van der Waals surface area contributed by atoms with Crippen molar-refractivity contribution in [3.05, 3.63) is 60.3 Å². The molecule has 1 aromatic heterocycles. The number of nitriles is 1. The van der Waals surface area contributed by atoms with Crippen LogP contribution in [0.4, 0.5) is 0 Å². The normalized spacial score (nSPS) is 9.95. The van der Waals surface area contributed by atoms with Crippen LogP contribution in [-0.4, -0.2) is 8.75 Å². The topological polar surface area (TPSA) is 58.8 Å². The molecule has 0 saturated carbocycles. The lowest BCUT2D eigenvalue weighted by atomic mass is 10.1. The highest BCUT2D eigenvalue weighted by Crippen LogP contribution is 2.33. The van der Waals surface area contributed by atoms with Crippen molar-refractivity contribution in [2.24, 2.45) is 0 Å². The molecular formula is C15H9N3OS. The average molecular weight is 279 g/mol. The molecule has 20 heavy (non-hydrogen) atoms. The van der Waals surface area contributed by atoms with Crippen LogP contribution >= 0.6 is 11.7 Å². The summed E-state index contributed by atoms with van der Waals surface area (Å²) in [6.45, 7) is 0. The molecule has 96 valence electrons. The maximum absolute atomic E-state index is 8.95. The number of aromatic nitrogens is 2. The fraction of sp³-hybridized carbons (Fsp3) is 0. The summed E-state index contributed by atoms with van der Waals surface area (Å²) in [7, 11) is 0. The van der Waals surface area contributed by atoms with Crippen LogP contribution in [0.15, 0.2) is 54.6 Å². The van der Waals surface area contributed by atoms with Gasteiger partial charge in [0.05, 0.1) is 11.7 Å². The van der Waals surface area contributed by atoms with Crippen LogP contribution in [0.3, 0.4) is 0 Å². The average Bonchev–Trinajstić information content (AvgIpc) is 2.96. The zero-order chi connectivity index (χ0) is 13.8. The SMILES string of the molecule is N#Cc1nsnc1Oc1ccccc1-c1ccccc1. The Kier molecular flexibility index (Phi) is 3.40. The highest BCUT2D eigenvalue weighted by molar-refractivity contribution is 6.99. The molecule has 0 radical (unpaired) electrons. The molecule has 0 bridgehead atoms. The van der Waals surface area contributed by atoms with E-state index >= 15 is 0 Å². The van der Waals surface area contributed by atoms with Gasteiger partial charge in [-0.05, 0) is 11.6 Å². The van der Waals surface area contributed by atoms with Gasteiger partial charge in [0, 0.05) is 5.56 Å². The largest absolute Gasteiger partial charge is 0.435 e. The van der Waals surface area contributed by atoms with Crippen molar-refractivity contribution in [1.29, 1.82) is 5.26 Å². The van der Waals surface area contributed by atoms with E-state index in [9.17, 15) is 0 Å². The molecule has 0 aliphatic heterocycles. The number of ether oxygens (including phenoxy) is 1. The molecule has 0 aliphatic carbocycles. The third-order valence-corrected chi connectivity index (χ3v) is 3.25. The minimum absolute atomic E-state index is 0.206. The fourth-order valence-corrected chi connectivity index (χ4v) is 2.27. The smallest absolute Gasteiger partial charge is 0.269 e. The quantitative estimate of drug-likeness (QED) is 0.730. The van der Waals surface area contributed by atoms with E-state index in [1.165, 1.54) is 0 Å². The Morgan fingerprint density at radius 2 is 1.70 bits per heavy atom. The van der Waals surface area contributed by atoms with Gasteiger partial charge in [0.25, 0.3) is 5.88 Å². The molecule has 3 rings (SSSR count). The summed E-state index contributed by atoms with van der Waals surface area (Å²) < 4.78 is 13.6. The molecule has 0 fully saturated rings. The van der Waals surface area contributed by atoms with Crippen molar-refractivity contribution in [2.45, 2.75) is 0 Å². The third kappa shape index (κ3) is 2.37. The first kappa shape index (κ1) is 12.3. The maximum Gasteiger partial charge on any atom is 0.269 e. The number of hydrogen-bond donors (Lipinski definition) is 0. The van der Waals surface area contributed by atoms with Gasteiger partial charge < -0.3 is 4.74 Å². The molecule has 0 spiro atoms. The zero-order valence-electron chi connectivity index (χ0n) is 10.4. The first-order valence-electron chi connectivity index (χ1n) is 5.93. The Morgan fingerprint density at radius 3 is 2.50 bits per heavy atom. The van der Waals surface area contributed by atoms with Gasteiger partial charge in [-0.1, -0.05) is 48.5 Å². The summed E-state index contributed by atoms with van der Waals surface area (Å²) in [6, 6.07) is 19.5. The lowest BCUT2D eigenvalue weighted by Crippen LogP contribution is -1.90. The van der Waals surface area contributed by atoms with Crippen molar-refractivity contribution >= 4 is 11.7 Å². The van der Waals surface area contributed by atoms with E-state index < -0.39 is 0 Å². The summed E-state index contributed by atoms with van der Waals surface area (Å²) in [5, 5.41) is 8.95. The van der Waals surface area contributed by atoms with Gasteiger partial charge in [0.15, 0.2) is 0 Å². The zero-order valence-corrected chi connectivity index (χ0v) is 11.2. The molecule has 0 amide bonds. The summed E-state index contributed by atoms with van der Waals surface area (Å²) in [5.74, 6) is 0.906. The van der Waals surface area contributed by atoms with Crippen LogP contribution in [0.1, 0.15) is 5.69 Å². The van der Waals surface area contributed by atoms with Crippen LogP contribution in [-0.2, 0) is 0 Å². The minimum atomic E-state index is 0.206. The van der Waals surface area contributed by atoms with Crippen LogP contribution in [0, 0.1) is 11.3 Å². The summed E-state index contributed by atoms with van der Waals surface area (Å²) in [6.07, 6.45) is 0. The highest BCUT2D eigenvalue weighted by atomic mass is 32.1. The van der Waals surface area contributed by atoms with E-state index in [-0.39, 0.29) is 11.6 Å². The Morgan fingerprint density at radius 1 is 0.950 bits per heavy atom. The van der Waals surface area contributed by atoms with Crippen LogP contribution in [0.25, 0.3) is 11.1 Å². The van der Waals surface area contributed by atoms with Crippen molar-refractivity contribution in [2.75, 3.05) is 0 Å². The Hall–Kier alpha value is -2.71. The predicted octanol–water partition coefficient (Wildman–Crippen LogP) is 3.87. The number of para-hydroxylation sites is 1. The third-order valence-electron chi connectivity index (χ3n) is 2.74. The van der Waals surface area contributed by atoms with E-state index in [2.05, 4.69) is 8.75 Å². The number of benzene rings is 2. The molecule has 0 unspecified atom stereocenters. The molecule has 0 aliphatic rings. The summed E-state index contributed by atoms with van der Waals surface area (Å²) in [4.78, 5) is 0. The lowest BCUT2D eigenvalue weighted by Gasteiger charge is -2.09. The Balaban J connectivity index is 2.01. The molecule has 0 N–H and O–H groups in total. The van der Waals surface area contributed by atoms with E-state index in [0.717, 1.165) is 22.9 Å². The van der Waals surface area contributed by atoms with Gasteiger partial charge in [-0.2, -0.15) is 9.64 Å². The van der Waals surface area contributed by atoms with Crippen molar-refractivity contribution in [3.8, 4) is 28.8 Å². The van der Waals surface area contributed by atoms with Gasteiger partial charge in [0.1, 0.15) is 11.8 Å². The Bertz CT molecular complexity index is 762. The molecule has 4 nitrogen and oxygen atoms in total. The molecule has 0 saturated heterocycles. The molecule has 3 aromatic rings. The highest BCUT2D eigenvalue weighted by Gasteiger charge is 2.12. The van der Waals surface area contributed by atoms with Crippen LogP contribution < -0.4 is 4.74 Å². The fourth-order valence-electron chi connectivity index (χ4n) is 1.83. The number of nitrogens with zero attached hydrogens (tertiary/aromatic N) is 3. The molecular weight excluding hydrogens is 270 g/mol. The van der Waals surface area contributed by atoms with Gasteiger partial charge >= 0.3 is 0 Å². The van der Waals surface area contributed by atoms with Gasteiger partial charge in [-0.3, -0.25) is 0 Å². The first-order chi connectivity index (χ1) is 9.88.